The lowest BCUT2D eigenvalue weighted by atomic mass is 9.98. The molecule has 1 aliphatic rings. The lowest BCUT2D eigenvalue weighted by Gasteiger charge is -2.35. The minimum Gasteiger partial charge on any atom is -0.497 e. The minimum atomic E-state index is -3.83. The fourth-order valence-electron chi connectivity index (χ4n) is 3.53. The highest BCUT2D eigenvalue weighted by Gasteiger charge is 2.34. The second-order valence-electron chi connectivity index (χ2n) is 7.57. The van der Waals surface area contributed by atoms with Crippen molar-refractivity contribution < 1.29 is 27.8 Å². The molecule has 2 aromatic rings. The summed E-state index contributed by atoms with van der Waals surface area (Å²) in [5, 5.41) is 13.2. The van der Waals surface area contributed by atoms with Gasteiger partial charge in [-0.15, -0.1) is 0 Å². The maximum Gasteiger partial charge on any atom is 0.241 e. The number of benzene rings is 2. The Balaban J connectivity index is 1.53. The van der Waals surface area contributed by atoms with E-state index >= 15 is 0 Å². The van der Waals surface area contributed by atoms with Gasteiger partial charge in [0.25, 0.3) is 0 Å². The number of hydrogen-bond acceptors (Lipinski definition) is 6. The van der Waals surface area contributed by atoms with Crippen LogP contribution in [0.5, 0.6) is 5.75 Å². The number of hydrogen-bond donors (Lipinski definition) is 3. The molecule has 10 heteroatoms. The van der Waals surface area contributed by atoms with Gasteiger partial charge < -0.3 is 19.9 Å². The number of sulfonamides is 1. The monoisotopic (exact) mass is 482 g/mol. The summed E-state index contributed by atoms with van der Waals surface area (Å²) in [6.07, 6.45) is -0.118. The molecule has 2 aromatic carbocycles. The lowest BCUT2D eigenvalue weighted by molar-refractivity contribution is -0.130. The Labute approximate surface area is 192 Å². The van der Waals surface area contributed by atoms with Gasteiger partial charge in [0.2, 0.25) is 15.9 Å². The van der Waals surface area contributed by atoms with Crippen LogP contribution in [0.3, 0.4) is 0 Å². The van der Waals surface area contributed by atoms with E-state index in [0.717, 1.165) is 5.56 Å². The number of rotatable bonds is 9. The Bertz CT molecular complexity index is 1020. The molecule has 0 bridgehead atoms. The van der Waals surface area contributed by atoms with Crippen molar-refractivity contribution >= 4 is 27.5 Å². The molecule has 1 aliphatic heterocycles. The Morgan fingerprint density at radius 2 is 1.97 bits per heavy atom. The van der Waals surface area contributed by atoms with Crippen molar-refractivity contribution in [1.82, 2.24) is 10.0 Å². The van der Waals surface area contributed by atoms with Crippen LogP contribution in [0.2, 0.25) is 5.02 Å². The van der Waals surface area contributed by atoms with Gasteiger partial charge in [-0.1, -0.05) is 29.8 Å². The van der Waals surface area contributed by atoms with Gasteiger partial charge in [-0.25, -0.2) is 13.1 Å². The zero-order valence-corrected chi connectivity index (χ0v) is 19.2. The van der Waals surface area contributed by atoms with E-state index in [-0.39, 0.29) is 23.8 Å². The van der Waals surface area contributed by atoms with E-state index in [9.17, 15) is 18.3 Å². The number of methoxy groups -OCH3 is 1. The van der Waals surface area contributed by atoms with Crippen molar-refractivity contribution in [2.45, 2.75) is 49.0 Å². The van der Waals surface area contributed by atoms with Gasteiger partial charge in [0.15, 0.2) is 0 Å². The summed E-state index contributed by atoms with van der Waals surface area (Å²) in [6, 6.07) is 12.7. The molecule has 0 aliphatic carbocycles. The first-order valence-electron chi connectivity index (χ1n) is 10.2. The molecule has 0 unspecified atom stereocenters. The third-order valence-corrected chi connectivity index (χ3v) is 7.01. The number of aliphatic hydroxyl groups excluding tert-OH is 1. The van der Waals surface area contributed by atoms with Crippen molar-refractivity contribution in [3.05, 3.63) is 59.1 Å². The molecular formula is C22H27ClN2O6S. The molecule has 0 saturated carbocycles. The first kappa shape index (κ1) is 24.5. The van der Waals surface area contributed by atoms with Crippen LogP contribution < -0.4 is 14.8 Å². The summed E-state index contributed by atoms with van der Waals surface area (Å²) in [7, 11) is -2.37. The van der Waals surface area contributed by atoms with E-state index in [2.05, 4.69) is 10.0 Å². The zero-order valence-electron chi connectivity index (χ0n) is 17.7. The van der Waals surface area contributed by atoms with E-state index in [4.69, 9.17) is 21.1 Å². The Kier molecular flexibility index (Phi) is 8.50. The van der Waals surface area contributed by atoms with E-state index in [1.54, 1.807) is 24.3 Å². The van der Waals surface area contributed by atoms with E-state index in [1.165, 1.54) is 19.2 Å². The van der Waals surface area contributed by atoms with Crippen LogP contribution in [0.4, 0.5) is 0 Å². The van der Waals surface area contributed by atoms with Crippen molar-refractivity contribution in [3.8, 4) is 5.75 Å². The van der Waals surface area contributed by atoms with E-state index in [0.29, 0.717) is 30.2 Å². The molecule has 1 heterocycles. The summed E-state index contributed by atoms with van der Waals surface area (Å²) in [6.45, 7) is 0.00328. The average Bonchev–Trinajstić information content (AvgIpc) is 2.79. The van der Waals surface area contributed by atoms with Crippen LogP contribution >= 0.6 is 11.6 Å². The number of aliphatic hydroxyl groups is 1. The fraction of sp³-hybridized carbons (Fsp3) is 0.409. The number of nitrogens with one attached hydrogen (secondary N) is 2. The molecular weight excluding hydrogens is 456 g/mol. The van der Waals surface area contributed by atoms with Crippen LogP contribution in [-0.4, -0.2) is 51.4 Å². The van der Waals surface area contributed by atoms with Crippen molar-refractivity contribution in [1.29, 1.82) is 0 Å². The lowest BCUT2D eigenvalue weighted by Crippen LogP contribution is -2.51. The van der Waals surface area contributed by atoms with Crippen LogP contribution in [0, 0.1) is 0 Å². The zero-order chi connectivity index (χ0) is 23.1. The molecule has 0 spiro atoms. The van der Waals surface area contributed by atoms with Gasteiger partial charge >= 0.3 is 0 Å². The first-order valence-corrected chi connectivity index (χ1v) is 12.1. The third kappa shape index (κ3) is 6.66. The average molecular weight is 483 g/mol. The highest BCUT2D eigenvalue weighted by molar-refractivity contribution is 7.89. The maximum absolute atomic E-state index is 12.8. The van der Waals surface area contributed by atoms with Gasteiger partial charge in [0.1, 0.15) is 5.75 Å². The smallest absolute Gasteiger partial charge is 0.241 e. The Hall–Kier alpha value is -2.17. The van der Waals surface area contributed by atoms with Crippen LogP contribution in [0.25, 0.3) is 0 Å². The minimum absolute atomic E-state index is 0.0669. The van der Waals surface area contributed by atoms with Crippen LogP contribution in [0.15, 0.2) is 53.4 Å². The standard InChI is InChI=1S/C22H27ClN2O6S/c1-30-17-3-2-4-19(11-17)32(28,29)25-20-10-9-18(31-21(20)14-26)12-22(27)24-13-15-5-7-16(23)8-6-15/h2-8,11,18,20-21,25-26H,9-10,12-14H2,1H3,(H,24,27)/t18-,20-,21+/m1/s1. The largest absolute Gasteiger partial charge is 0.497 e. The molecule has 1 saturated heterocycles. The molecule has 0 radical (unpaired) electrons. The van der Waals surface area contributed by atoms with Crippen molar-refractivity contribution in [2.75, 3.05) is 13.7 Å². The normalized spacial score (nSPS) is 21.2. The Morgan fingerprint density at radius 3 is 2.66 bits per heavy atom. The predicted molar refractivity (Wildman–Crippen MR) is 120 cm³/mol. The highest BCUT2D eigenvalue weighted by atomic mass is 35.5. The number of ether oxygens (including phenoxy) is 2. The summed E-state index contributed by atoms with van der Waals surface area (Å²) >= 11 is 5.86. The van der Waals surface area contributed by atoms with Crippen LogP contribution in [-0.2, 0) is 26.1 Å². The topological polar surface area (TPSA) is 114 Å². The summed E-state index contributed by atoms with van der Waals surface area (Å²) in [5.74, 6) is 0.244. The SMILES string of the molecule is COc1cccc(S(=O)(=O)N[C@@H]2CC[C@H](CC(=O)NCc3ccc(Cl)cc3)O[C@H]2CO)c1. The second-order valence-corrected chi connectivity index (χ2v) is 9.72. The molecule has 8 nitrogen and oxygen atoms in total. The molecule has 32 heavy (non-hydrogen) atoms. The summed E-state index contributed by atoms with van der Waals surface area (Å²) in [4.78, 5) is 12.4. The van der Waals surface area contributed by atoms with Gasteiger partial charge in [-0.3, -0.25) is 4.79 Å². The third-order valence-electron chi connectivity index (χ3n) is 5.27. The maximum atomic E-state index is 12.8. The molecule has 0 aromatic heterocycles. The second kappa shape index (κ2) is 11.1. The number of carbonyl (C=O) groups is 1. The number of carbonyl (C=O) groups excluding carboxylic acids is 1. The molecule has 1 amide bonds. The van der Waals surface area contributed by atoms with E-state index in [1.807, 2.05) is 12.1 Å². The molecule has 3 rings (SSSR count). The predicted octanol–water partition coefficient (Wildman–Crippen LogP) is 2.24. The fourth-order valence-corrected chi connectivity index (χ4v) is 4.99. The van der Waals surface area contributed by atoms with Crippen LogP contribution in [0.1, 0.15) is 24.8 Å². The Morgan fingerprint density at radius 1 is 1.22 bits per heavy atom. The number of amides is 1. The molecule has 3 N–H and O–H groups in total. The van der Waals surface area contributed by atoms with Gasteiger partial charge in [0.05, 0.1) is 43.3 Å². The van der Waals surface area contributed by atoms with E-state index < -0.39 is 28.3 Å². The van der Waals surface area contributed by atoms with Crippen molar-refractivity contribution in [2.24, 2.45) is 0 Å². The molecule has 3 atom stereocenters. The molecule has 1 fully saturated rings. The van der Waals surface area contributed by atoms with Gasteiger partial charge in [-0.05, 0) is 42.7 Å². The van der Waals surface area contributed by atoms with Gasteiger partial charge in [-0.2, -0.15) is 0 Å². The first-order chi connectivity index (χ1) is 15.3. The highest BCUT2D eigenvalue weighted by Crippen LogP contribution is 2.24. The van der Waals surface area contributed by atoms with Crippen molar-refractivity contribution in [3.63, 3.8) is 0 Å². The number of halogens is 1. The molecule has 174 valence electrons. The summed E-state index contributed by atoms with van der Waals surface area (Å²) < 4.78 is 39.0. The van der Waals surface area contributed by atoms with Gasteiger partial charge in [0, 0.05) is 17.6 Å². The quantitative estimate of drug-likeness (QED) is 0.505. The summed E-state index contributed by atoms with van der Waals surface area (Å²) in [5.41, 5.74) is 0.924.